The van der Waals surface area contributed by atoms with Crippen LogP contribution in [0.1, 0.15) is 0 Å². The Bertz CT molecular complexity index is 1300. The highest BCUT2D eigenvalue weighted by Crippen LogP contribution is 2.69. The van der Waals surface area contributed by atoms with Gasteiger partial charge in [0.25, 0.3) is 0 Å². The molecule has 0 spiro atoms. The summed E-state index contributed by atoms with van der Waals surface area (Å²) in [5, 5.41) is 0. The van der Waals surface area contributed by atoms with E-state index in [9.17, 15) is 171 Å². The molecule has 0 saturated carbocycles. The zero-order chi connectivity index (χ0) is 48.6. The average molecular weight is 971 g/mol. The fourth-order valence-electron chi connectivity index (χ4n) is 3.23. The molecule has 0 fully saturated rings. The summed E-state index contributed by atoms with van der Waals surface area (Å²) in [4.78, 5) is -7.12. The van der Waals surface area contributed by atoms with Crippen LogP contribution in [0.15, 0.2) is 0 Å². The molecule has 0 aliphatic carbocycles. The highest BCUT2D eigenvalue weighted by atomic mass is 19.5. The minimum atomic E-state index is -11.0. The Hall–Kier alpha value is -2.77. The van der Waals surface area contributed by atoms with Gasteiger partial charge in [0.2, 0.25) is 0 Å². The van der Waals surface area contributed by atoms with E-state index in [0.717, 1.165) is 0 Å². The Morgan fingerprint density at radius 3 is 0.345 bits per heavy atom. The lowest BCUT2D eigenvalue weighted by Gasteiger charge is -2.51. The van der Waals surface area contributed by atoms with Crippen LogP contribution in [0.5, 0.6) is 0 Å². The molecule has 0 aromatic carbocycles. The van der Waals surface area contributed by atoms with Crippen molar-refractivity contribution in [2.75, 3.05) is 0 Å². The Morgan fingerprint density at radius 1 is 0.138 bits per heavy atom. The van der Waals surface area contributed by atoms with Crippen molar-refractivity contribution in [2.45, 2.75) is 108 Å². The lowest BCUT2D eigenvalue weighted by molar-refractivity contribution is -0.534. The van der Waals surface area contributed by atoms with E-state index in [1.54, 1.807) is 0 Å². The molecule has 0 aromatic heterocycles. The predicted molar refractivity (Wildman–Crippen MR) is 94.2 cm³/mol. The molecule has 58 heavy (non-hydrogen) atoms. The van der Waals surface area contributed by atoms with Crippen molar-refractivity contribution in [3.05, 3.63) is 0 Å². The normalized spacial score (nSPS) is 17.4. The summed E-state index contributed by atoms with van der Waals surface area (Å²) < 4.78 is 523. The van der Waals surface area contributed by atoms with Gasteiger partial charge in [0.05, 0.1) is 0 Å². The maximum Gasteiger partial charge on any atom is 0.460 e. The molecule has 0 atom stereocenters. The molecule has 0 saturated heterocycles. The van der Waals surface area contributed by atoms with E-state index in [1.165, 1.54) is 0 Å². The van der Waals surface area contributed by atoms with Crippen molar-refractivity contribution in [2.24, 2.45) is 0 Å². The minimum Gasteiger partial charge on any atom is -0.192 e. The first-order valence-corrected chi connectivity index (χ1v) is 11.8. The Balaban J connectivity index is 9.13. The van der Waals surface area contributed by atoms with E-state index in [1.807, 2.05) is 0 Å². The topological polar surface area (TPSA) is 3.24 Å². The molecule has 0 aliphatic rings. The number of nitrogens with zero attached hydrogens (tertiary/aromatic N) is 1. The molecule has 0 rings (SSSR count). The van der Waals surface area contributed by atoms with E-state index in [2.05, 4.69) is 0 Å². The average Bonchev–Trinajstić information content (AvgIpc) is 2.93. The number of alkyl halides is 39. The van der Waals surface area contributed by atoms with Gasteiger partial charge in [0.1, 0.15) is 0 Å². The molecular weight excluding hydrogens is 971 g/mol. The van der Waals surface area contributed by atoms with E-state index in [4.69, 9.17) is 0 Å². The zero-order valence-corrected chi connectivity index (χ0v) is 24.2. The van der Waals surface area contributed by atoms with Crippen molar-refractivity contribution < 1.29 is 171 Å². The largest absolute Gasteiger partial charge is 0.460 e. The zero-order valence-electron chi connectivity index (χ0n) is 24.2. The van der Waals surface area contributed by atoms with Gasteiger partial charge < -0.3 is 0 Å². The first-order chi connectivity index (χ1) is 24.1. The van der Waals surface area contributed by atoms with Gasteiger partial charge >= 0.3 is 108 Å². The van der Waals surface area contributed by atoms with Crippen LogP contribution < -0.4 is 0 Å². The molecule has 350 valence electrons. The van der Waals surface area contributed by atoms with Crippen LogP contribution in [0.25, 0.3) is 0 Å². The van der Waals surface area contributed by atoms with Gasteiger partial charge in [0, 0.05) is 0 Å². The summed E-state index contributed by atoms with van der Waals surface area (Å²) in [6.07, 6.45) is -26.2. The van der Waals surface area contributed by atoms with Crippen LogP contribution in [0.3, 0.4) is 0 Å². The summed E-state index contributed by atoms with van der Waals surface area (Å²) >= 11 is 0. The molecule has 0 amide bonds. The van der Waals surface area contributed by atoms with E-state index in [-0.39, 0.29) is 0 Å². The maximum atomic E-state index is 14.5. The van der Waals surface area contributed by atoms with Gasteiger partial charge in [-0.25, -0.2) is 0 Å². The van der Waals surface area contributed by atoms with Crippen LogP contribution in [-0.4, -0.2) is 113 Å². The Labute approximate surface area is 285 Å². The van der Waals surface area contributed by atoms with E-state index >= 15 is 0 Å². The van der Waals surface area contributed by atoms with Crippen molar-refractivity contribution in [3.8, 4) is 0 Å². The first kappa shape index (κ1) is 55.2. The summed E-state index contributed by atoms with van der Waals surface area (Å²) in [6, 6.07) is -32.9. The van der Waals surface area contributed by atoms with E-state index in [0.29, 0.717) is 0 Å². The molecule has 0 bridgehead atoms. The number of hydrogen-bond acceptors (Lipinski definition) is 1. The second-order valence-corrected chi connectivity index (χ2v) is 10.3. The van der Waals surface area contributed by atoms with Crippen molar-refractivity contribution in [3.63, 3.8) is 0 Å². The maximum absolute atomic E-state index is 14.5. The lowest BCUT2D eigenvalue weighted by Crippen LogP contribution is -2.83. The van der Waals surface area contributed by atoms with Crippen molar-refractivity contribution in [1.29, 1.82) is 0 Å². The fraction of sp³-hybridized carbons (Fsp3) is 1.00. The molecule has 0 aromatic rings. The number of hydrogen-bond donors (Lipinski definition) is 0. The molecule has 0 heterocycles. The summed E-state index contributed by atoms with van der Waals surface area (Å²) in [5.41, 5.74) is 0. The first-order valence-electron chi connectivity index (χ1n) is 11.8. The molecular formula is C18F39N. The third-order valence-electron chi connectivity index (χ3n) is 6.59. The third kappa shape index (κ3) is 6.43. The van der Waals surface area contributed by atoms with E-state index < -0.39 is 113 Å². The predicted octanol–water partition coefficient (Wildman–Crippen LogP) is 12.4. The van der Waals surface area contributed by atoms with Gasteiger partial charge in [0.15, 0.2) is 0 Å². The SMILES string of the molecule is FC(F)(F)C(F)(F)C(F)(F)C(F)(F)C(F)(F)C(F)(F)N(C(F)(F)C(F)(F)C(F)(F)C(F)(F)C(F)(F)C(F)(F)F)C(F)(F)C(F)(F)C(F)(F)C(F)(F)C(F)(F)C(F)(F)F. The molecule has 1 nitrogen and oxygen atoms in total. The number of rotatable bonds is 15. The van der Waals surface area contributed by atoms with Crippen LogP contribution in [-0.2, 0) is 0 Å². The van der Waals surface area contributed by atoms with Crippen LogP contribution in [0.4, 0.5) is 171 Å². The van der Waals surface area contributed by atoms with Gasteiger partial charge in [-0.2, -0.15) is 171 Å². The second kappa shape index (κ2) is 13.1. The van der Waals surface area contributed by atoms with Crippen LogP contribution in [0.2, 0.25) is 0 Å². The fourth-order valence-corrected chi connectivity index (χ4v) is 3.23. The van der Waals surface area contributed by atoms with Gasteiger partial charge in [-0.05, 0) is 0 Å². The summed E-state index contributed by atoms with van der Waals surface area (Å²) in [7, 11) is 0. The quantitative estimate of drug-likeness (QED) is 0.117. The highest BCUT2D eigenvalue weighted by molar-refractivity contribution is 5.18. The molecule has 0 aliphatic heterocycles. The lowest BCUT2D eigenvalue weighted by atomic mass is 9.91. The number of halogens is 39. The molecule has 0 N–H and O–H groups in total. The summed E-state index contributed by atoms with van der Waals surface area (Å²) in [6.45, 7) is 0. The highest BCUT2D eigenvalue weighted by Gasteiger charge is 3.00. The molecule has 0 radical (unpaired) electrons. The Morgan fingerprint density at radius 2 is 0.241 bits per heavy atom. The monoisotopic (exact) mass is 971 g/mol. The van der Waals surface area contributed by atoms with Gasteiger partial charge in [-0.1, -0.05) is 0 Å². The molecule has 0 unspecified atom stereocenters. The van der Waals surface area contributed by atoms with Crippen molar-refractivity contribution >= 4 is 0 Å². The van der Waals surface area contributed by atoms with Gasteiger partial charge in [-0.15, -0.1) is 4.90 Å². The van der Waals surface area contributed by atoms with Gasteiger partial charge in [-0.3, -0.25) is 0 Å². The van der Waals surface area contributed by atoms with Crippen molar-refractivity contribution in [1.82, 2.24) is 4.90 Å². The summed E-state index contributed by atoms with van der Waals surface area (Å²) in [5.74, 6) is -121. The Kier molecular flexibility index (Phi) is 12.5. The standard InChI is InChI=1S/C18F39N/c19-1(20,7(31,32)13(43,44)45)4(25,26)10(37,38)16(52,53)58(17(54,55)11(39,40)5(27,28)2(21,22)8(33,34)14(46,47)48)18(56,57)12(41,42)6(29,30)3(23,24)9(35,36)15(49,50)51. The van der Waals surface area contributed by atoms with Crippen LogP contribution in [0, 0.1) is 0 Å². The third-order valence-corrected chi connectivity index (χ3v) is 6.59. The smallest absolute Gasteiger partial charge is 0.192 e. The minimum absolute atomic E-state index is 7.12. The van der Waals surface area contributed by atoms with Crippen LogP contribution >= 0.6 is 0 Å². The second-order valence-electron chi connectivity index (χ2n) is 10.3. The molecule has 40 heteroatoms.